The van der Waals surface area contributed by atoms with E-state index < -0.39 is 12.1 Å². The largest absolute Gasteiger partial charge is 0.478 e. The number of ether oxygens (including phenoxy) is 1. The van der Waals surface area contributed by atoms with Crippen molar-refractivity contribution in [2.24, 2.45) is 0 Å². The Morgan fingerprint density at radius 3 is 2.67 bits per heavy atom. The van der Waals surface area contributed by atoms with Crippen LogP contribution < -0.4 is 5.32 Å². The van der Waals surface area contributed by atoms with Crippen LogP contribution in [-0.4, -0.2) is 27.1 Å². The maximum Gasteiger partial charge on any atom is 0.412 e. The van der Waals surface area contributed by atoms with Gasteiger partial charge in [0.2, 0.25) is 0 Å². The van der Waals surface area contributed by atoms with Gasteiger partial charge in [-0.2, -0.15) is 0 Å². The van der Waals surface area contributed by atoms with Gasteiger partial charge in [0.1, 0.15) is 23.2 Å². The lowest BCUT2D eigenvalue weighted by Crippen LogP contribution is -2.16. The van der Waals surface area contributed by atoms with Crippen molar-refractivity contribution in [2.75, 3.05) is 5.32 Å². The average Bonchev–Trinajstić information content (AvgIpc) is 3.15. The van der Waals surface area contributed by atoms with Gasteiger partial charge in [0, 0.05) is 23.3 Å². The van der Waals surface area contributed by atoms with Gasteiger partial charge >= 0.3 is 12.1 Å². The van der Waals surface area contributed by atoms with Crippen molar-refractivity contribution in [1.82, 2.24) is 9.97 Å². The molecule has 2 aromatic carbocycles. The zero-order chi connectivity index (χ0) is 21.1. The SMILES string of the molecule is O=C(Nc1cccc(Cl)c1C(=O)O)OCc1cc2cc(-c3cncnc3)ccc2o1. The van der Waals surface area contributed by atoms with Crippen molar-refractivity contribution >= 4 is 40.3 Å². The molecule has 0 aliphatic carbocycles. The summed E-state index contributed by atoms with van der Waals surface area (Å²) in [7, 11) is 0. The molecule has 1 amide bonds. The molecule has 4 aromatic rings. The average molecular weight is 424 g/mol. The monoisotopic (exact) mass is 423 g/mol. The molecule has 0 spiro atoms. The van der Waals surface area contributed by atoms with E-state index in [1.807, 2.05) is 18.2 Å². The van der Waals surface area contributed by atoms with Crippen LogP contribution in [-0.2, 0) is 11.3 Å². The van der Waals surface area contributed by atoms with Crippen LogP contribution in [0.2, 0.25) is 5.02 Å². The summed E-state index contributed by atoms with van der Waals surface area (Å²) >= 11 is 5.89. The maximum absolute atomic E-state index is 12.1. The Morgan fingerprint density at radius 2 is 1.90 bits per heavy atom. The summed E-state index contributed by atoms with van der Waals surface area (Å²) in [6.45, 7) is -0.132. The molecule has 9 heteroatoms. The molecular weight excluding hydrogens is 410 g/mol. The van der Waals surface area contributed by atoms with E-state index in [2.05, 4.69) is 15.3 Å². The first kappa shape index (κ1) is 19.4. The smallest absolute Gasteiger partial charge is 0.412 e. The number of carboxylic acid groups (broad SMARTS) is 1. The van der Waals surface area contributed by atoms with Crippen molar-refractivity contribution in [3.8, 4) is 11.1 Å². The highest BCUT2D eigenvalue weighted by molar-refractivity contribution is 6.34. The standard InChI is InChI=1S/C21H14ClN3O5/c22-16-2-1-3-17(19(16)20(26)27)25-21(28)29-10-15-7-13-6-12(4-5-18(13)30-15)14-8-23-11-24-9-14/h1-9,11H,10H2,(H,25,28)(H,26,27). The Labute approximate surface area is 175 Å². The molecule has 30 heavy (non-hydrogen) atoms. The summed E-state index contributed by atoms with van der Waals surface area (Å²) in [5.41, 5.74) is 2.26. The van der Waals surface area contributed by atoms with Crippen LogP contribution >= 0.6 is 11.6 Å². The number of benzene rings is 2. The van der Waals surface area contributed by atoms with E-state index in [4.69, 9.17) is 20.8 Å². The molecule has 0 aliphatic rings. The van der Waals surface area contributed by atoms with Crippen molar-refractivity contribution < 1.29 is 23.8 Å². The zero-order valence-electron chi connectivity index (χ0n) is 15.3. The minimum atomic E-state index is -1.26. The van der Waals surface area contributed by atoms with Gasteiger partial charge in [-0.15, -0.1) is 0 Å². The lowest BCUT2D eigenvalue weighted by atomic mass is 10.1. The van der Waals surface area contributed by atoms with Gasteiger partial charge in [0.15, 0.2) is 6.61 Å². The Bertz CT molecular complexity index is 1240. The number of aromatic nitrogens is 2. The number of nitrogens with one attached hydrogen (secondary N) is 1. The fourth-order valence-electron chi connectivity index (χ4n) is 2.93. The van der Waals surface area contributed by atoms with Gasteiger partial charge in [-0.25, -0.2) is 19.6 Å². The number of aromatic carboxylic acids is 1. The van der Waals surface area contributed by atoms with Crippen molar-refractivity contribution in [1.29, 1.82) is 0 Å². The third kappa shape index (κ3) is 4.08. The third-order valence-electron chi connectivity index (χ3n) is 4.27. The van der Waals surface area contributed by atoms with Crippen LogP contribution in [0.4, 0.5) is 10.5 Å². The minimum absolute atomic E-state index is 0.0113. The second-order valence-corrected chi connectivity index (χ2v) is 6.67. The quantitative estimate of drug-likeness (QED) is 0.464. The summed E-state index contributed by atoms with van der Waals surface area (Å²) in [6, 6.07) is 11.8. The van der Waals surface area contributed by atoms with E-state index in [0.717, 1.165) is 16.5 Å². The molecular formula is C21H14ClN3O5. The number of anilines is 1. The number of furan rings is 1. The number of carbonyl (C=O) groups excluding carboxylic acids is 1. The molecule has 2 N–H and O–H groups in total. The van der Waals surface area contributed by atoms with Crippen LogP contribution in [0.15, 0.2) is 65.6 Å². The predicted molar refractivity (Wildman–Crippen MR) is 109 cm³/mol. The summed E-state index contributed by atoms with van der Waals surface area (Å²) in [6.07, 6.45) is 4.05. The molecule has 0 aliphatic heterocycles. The van der Waals surface area contributed by atoms with Gasteiger partial charge in [-0.05, 0) is 35.9 Å². The Morgan fingerprint density at radius 1 is 1.10 bits per heavy atom. The fourth-order valence-corrected chi connectivity index (χ4v) is 3.18. The van der Waals surface area contributed by atoms with Gasteiger partial charge in [-0.3, -0.25) is 5.32 Å². The van der Waals surface area contributed by atoms with Crippen LogP contribution in [0, 0.1) is 0 Å². The molecule has 8 nitrogen and oxygen atoms in total. The maximum atomic E-state index is 12.1. The molecule has 0 atom stereocenters. The van der Waals surface area contributed by atoms with Gasteiger partial charge in [-0.1, -0.05) is 23.7 Å². The van der Waals surface area contributed by atoms with Crippen molar-refractivity contribution in [3.05, 3.63) is 77.5 Å². The first-order valence-electron chi connectivity index (χ1n) is 8.74. The number of hydrogen-bond acceptors (Lipinski definition) is 6. The van der Waals surface area contributed by atoms with Gasteiger partial charge in [0.05, 0.1) is 10.7 Å². The number of fused-ring (bicyclic) bond motifs is 1. The molecule has 0 fully saturated rings. The highest BCUT2D eigenvalue weighted by Crippen LogP contribution is 2.27. The fraction of sp³-hybridized carbons (Fsp3) is 0.0476. The first-order chi connectivity index (χ1) is 14.5. The lowest BCUT2D eigenvalue weighted by Gasteiger charge is -2.09. The predicted octanol–water partition coefficient (Wildman–Crippen LogP) is 4.99. The molecule has 150 valence electrons. The van der Waals surface area contributed by atoms with E-state index in [1.165, 1.54) is 24.5 Å². The summed E-state index contributed by atoms with van der Waals surface area (Å²) in [5, 5.41) is 12.5. The molecule has 4 rings (SSSR count). The van der Waals surface area contributed by atoms with Crippen LogP contribution in [0.1, 0.15) is 16.1 Å². The van der Waals surface area contributed by atoms with E-state index in [-0.39, 0.29) is 22.9 Å². The Kier molecular flexibility index (Phi) is 5.32. The summed E-state index contributed by atoms with van der Waals surface area (Å²) in [4.78, 5) is 31.5. The summed E-state index contributed by atoms with van der Waals surface area (Å²) < 4.78 is 10.8. The van der Waals surface area contributed by atoms with E-state index in [1.54, 1.807) is 18.5 Å². The van der Waals surface area contributed by atoms with E-state index >= 15 is 0 Å². The van der Waals surface area contributed by atoms with Crippen molar-refractivity contribution in [3.63, 3.8) is 0 Å². The number of nitrogens with zero attached hydrogens (tertiary/aromatic N) is 2. The second kappa shape index (κ2) is 8.22. The van der Waals surface area contributed by atoms with Crippen LogP contribution in [0.5, 0.6) is 0 Å². The van der Waals surface area contributed by atoms with Crippen LogP contribution in [0.3, 0.4) is 0 Å². The first-order valence-corrected chi connectivity index (χ1v) is 9.12. The molecule has 0 unspecified atom stereocenters. The molecule has 0 saturated heterocycles. The molecule has 0 radical (unpaired) electrons. The Hall–Kier alpha value is -3.91. The minimum Gasteiger partial charge on any atom is -0.478 e. The van der Waals surface area contributed by atoms with Gasteiger partial charge in [0.25, 0.3) is 0 Å². The third-order valence-corrected chi connectivity index (χ3v) is 4.59. The Balaban J connectivity index is 1.46. The van der Waals surface area contributed by atoms with Crippen molar-refractivity contribution in [2.45, 2.75) is 6.61 Å². The molecule has 2 aromatic heterocycles. The highest BCUT2D eigenvalue weighted by Gasteiger charge is 2.17. The topological polar surface area (TPSA) is 115 Å². The molecule has 0 saturated carbocycles. The van der Waals surface area contributed by atoms with Gasteiger partial charge < -0.3 is 14.3 Å². The number of rotatable bonds is 5. The summed E-state index contributed by atoms with van der Waals surface area (Å²) in [5.74, 6) is -0.820. The second-order valence-electron chi connectivity index (χ2n) is 6.26. The zero-order valence-corrected chi connectivity index (χ0v) is 16.1. The number of carbonyl (C=O) groups is 2. The van der Waals surface area contributed by atoms with Crippen LogP contribution in [0.25, 0.3) is 22.1 Å². The number of halogens is 1. The normalized spacial score (nSPS) is 10.7. The number of amides is 1. The highest BCUT2D eigenvalue weighted by atomic mass is 35.5. The van der Waals surface area contributed by atoms with E-state index in [9.17, 15) is 14.7 Å². The number of carboxylic acids is 1. The molecule has 0 bridgehead atoms. The number of hydrogen-bond donors (Lipinski definition) is 2. The lowest BCUT2D eigenvalue weighted by molar-refractivity contribution is 0.0698. The van der Waals surface area contributed by atoms with E-state index in [0.29, 0.717) is 11.3 Å². The molecule has 2 heterocycles.